The third-order valence-corrected chi connectivity index (χ3v) is 5.66. The minimum atomic E-state index is -0.260. The molecular weight excluding hydrogens is 260 g/mol. The third-order valence-electron chi connectivity index (χ3n) is 5.66. The van der Waals surface area contributed by atoms with Gasteiger partial charge in [-0.2, -0.15) is 0 Å². The van der Waals surface area contributed by atoms with E-state index in [0.29, 0.717) is 24.4 Å². The zero-order chi connectivity index (χ0) is 15.5. The fraction of sp³-hybridized carbons (Fsp3) is 0.944. The standard InChI is InChI=1S/C18H34N2O/c1-14(2)12-20(16-6-4-5-7-16)17(21)18(13-19)10-8-15(3)9-11-18/h14-16H,4-13,19H2,1-3H3. The molecule has 2 rings (SSSR count). The highest BCUT2D eigenvalue weighted by Gasteiger charge is 2.44. The first kappa shape index (κ1) is 16.8. The van der Waals surface area contributed by atoms with Crippen molar-refractivity contribution in [2.75, 3.05) is 13.1 Å². The average Bonchev–Trinajstić information content (AvgIpc) is 2.99. The maximum absolute atomic E-state index is 13.3. The Morgan fingerprint density at radius 2 is 1.76 bits per heavy atom. The predicted octanol–water partition coefficient (Wildman–Crippen LogP) is 3.57. The molecule has 0 aromatic rings. The largest absolute Gasteiger partial charge is 0.339 e. The van der Waals surface area contributed by atoms with Crippen molar-refractivity contribution in [3.63, 3.8) is 0 Å². The molecule has 122 valence electrons. The number of rotatable bonds is 5. The molecule has 0 unspecified atom stereocenters. The number of hydrogen-bond donors (Lipinski definition) is 1. The minimum Gasteiger partial charge on any atom is -0.339 e. The van der Waals surface area contributed by atoms with Gasteiger partial charge in [0.2, 0.25) is 5.91 Å². The van der Waals surface area contributed by atoms with Crippen molar-refractivity contribution in [2.45, 2.75) is 78.2 Å². The van der Waals surface area contributed by atoms with E-state index in [2.05, 4.69) is 25.7 Å². The molecule has 2 N–H and O–H groups in total. The van der Waals surface area contributed by atoms with E-state index >= 15 is 0 Å². The Kier molecular flexibility index (Phi) is 5.70. The van der Waals surface area contributed by atoms with Crippen LogP contribution in [0, 0.1) is 17.3 Å². The Morgan fingerprint density at radius 3 is 2.24 bits per heavy atom. The van der Waals surface area contributed by atoms with E-state index in [9.17, 15) is 4.79 Å². The molecule has 2 fully saturated rings. The molecule has 21 heavy (non-hydrogen) atoms. The smallest absolute Gasteiger partial charge is 0.230 e. The average molecular weight is 294 g/mol. The van der Waals surface area contributed by atoms with Gasteiger partial charge in [-0.05, 0) is 50.4 Å². The number of carbonyl (C=O) groups excluding carboxylic acids is 1. The van der Waals surface area contributed by atoms with Crippen LogP contribution in [0.4, 0.5) is 0 Å². The van der Waals surface area contributed by atoms with Crippen molar-refractivity contribution in [2.24, 2.45) is 23.0 Å². The minimum absolute atomic E-state index is 0.260. The van der Waals surface area contributed by atoms with Crippen LogP contribution in [0.25, 0.3) is 0 Å². The van der Waals surface area contributed by atoms with Gasteiger partial charge < -0.3 is 10.6 Å². The summed E-state index contributed by atoms with van der Waals surface area (Å²) in [5, 5.41) is 0. The van der Waals surface area contributed by atoms with Gasteiger partial charge in [-0.3, -0.25) is 4.79 Å². The summed E-state index contributed by atoms with van der Waals surface area (Å²) in [6.07, 6.45) is 9.23. The molecule has 2 aliphatic rings. The molecule has 0 saturated heterocycles. The molecule has 3 nitrogen and oxygen atoms in total. The van der Waals surface area contributed by atoms with Crippen LogP contribution in [-0.2, 0) is 4.79 Å². The van der Waals surface area contributed by atoms with Gasteiger partial charge in [-0.15, -0.1) is 0 Å². The second kappa shape index (κ2) is 7.13. The van der Waals surface area contributed by atoms with Gasteiger partial charge in [-0.25, -0.2) is 0 Å². The maximum Gasteiger partial charge on any atom is 0.230 e. The Balaban J connectivity index is 2.14. The van der Waals surface area contributed by atoms with Crippen LogP contribution in [0.3, 0.4) is 0 Å². The van der Waals surface area contributed by atoms with Gasteiger partial charge in [0, 0.05) is 19.1 Å². The molecule has 2 aliphatic carbocycles. The molecule has 0 atom stereocenters. The molecule has 0 bridgehead atoms. The Morgan fingerprint density at radius 1 is 1.19 bits per heavy atom. The fourth-order valence-electron chi connectivity index (χ4n) is 4.13. The highest BCUT2D eigenvalue weighted by Crippen LogP contribution is 2.41. The molecule has 1 amide bonds. The summed E-state index contributed by atoms with van der Waals surface area (Å²) in [7, 11) is 0. The number of hydrogen-bond acceptors (Lipinski definition) is 2. The molecular formula is C18H34N2O. The van der Waals surface area contributed by atoms with Gasteiger partial charge in [0.05, 0.1) is 5.41 Å². The lowest BCUT2D eigenvalue weighted by atomic mass is 9.69. The summed E-state index contributed by atoms with van der Waals surface area (Å²) in [5.41, 5.74) is 5.84. The number of amides is 1. The fourth-order valence-corrected chi connectivity index (χ4v) is 4.13. The summed E-state index contributed by atoms with van der Waals surface area (Å²) in [6.45, 7) is 8.16. The first-order valence-electron chi connectivity index (χ1n) is 8.99. The predicted molar refractivity (Wildman–Crippen MR) is 87.9 cm³/mol. The first-order valence-corrected chi connectivity index (χ1v) is 8.99. The highest BCUT2D eigenvalue weighted by atomic mass is 16.2. The monoisotopic (exact) mass is 294 g/mol. The molecule has 3 heteroatoms. The molecule has 0 aliphatic heterocycles. The summed E-state index contributed by atoms with van der Waals surface area (Å²) in [6, 6.07) is 0.475. The third kappa shape index (κ3) is 3.80. The molecule has 0 radical (unpaired) electrons. The Bertz CT molecular complexity index is 339. The zero-order valence-corrected chi connectivity index (χ0v) is 14.2. The summed E-state index contributed by atoms with van der Waals surface area (Å²) < 4.78 is 0. The number of carbonyl (C=O) groups is 1. The Labute approximate surface area is 130 Å². The number of nitrogens with two attached hydrogens (primary N) is 1. The first-order chi connectivity index (χ1) is 9.98. The lowest BCUT2D eigenvalue weighted by Crippen LogP contribution is -2.53. The van der Waals surface area contributed by atoms with E-state index in [-0.39, 0.29) is 5.41 Å². The van der Waals surface area contributed by atoms with Crippen molar-refractivity contribution in [1.29, 1.82) is 0 Å². The van der Waals surface area contributed by atoms with E-state index in [1.165, 1.54) is 25.7 Å². The summed E-state index contributed by atoms with van der Waals surface area (Å²) in [5.74, 6) is 1.66. The van der Waals surface area contributed by atoms with Gasteiger partial charge in [0.1, 0.15) is 0 Å². The van der Waals surface area contributed by atoms with E-state index in [1.807, 2.05) is 0 Å². The van der Waals surface area contributed by atoms with Crippen LogP contribution in [0.15, 0.2) is 0 Å². The second-order valence-corrected chi connectivity index (χ2v) is 7.96. The van der Waals surface area contributed by atoms with Gasteiger partial charge in [0.15, 0.2) is 0 Å². The molecule has 0 heterocycles. The lowest BCUT2D eigenvalue weighted by molar-refractivity contribution is -0.147. The topological polar surface area (TPSA) is 46.3 Å². The van der Waals surface area contributed by atoms with Gasteiger partial charge in [0.25, 0.3) is 0 Å². The van der Waals surface area contributed by atoms with E-state index in [0.717, 1.165) is 38.1 Å². The van der Waals surface area contributed by atoms with Gasteiger partial charge >= 0.3 is 0 Å². The summed E-state index contributed by atoms with van der Waals surface area (Å²) in [4.78, 5) is 15.5. The molecule has 0 aromatic heterocycles. The van der Waals surface area contributed by atoms with Crippen molar-refractivity contribution >= 4 is 5.91 Å². The van der Waals surface area contributed by atoms with Crippen LogP contribution in [0.5, 0.6) is 0 Å². The zero-order valence-electron chi connectivity index (χ0n) is 14.2. The molecule has 0 spiro atoms. The van der Waals surface area contributed by atoms with Crippen LogP contribution in [0.1, 0.15) is 72.1 Å². The van der Waals surface area contributed by atoms with Crippen LogP contribution in [-0.4, -0.2) is 29.9 Å². The van der Waals surface area contributed by atoms with Crippen LogP contribution < -0.4 is 5.73 Å². The maximum atomic E-state index is 13.3. The van der Waals surface area contributed by atoms with Crippen molar-refractivity contribution in [1.82, 2.24) is 4.90 Å². The molecule has 0 aromatic carbocycles. The highest BCUT2D eigenvalue weighted by molar-refractivity contribution is 5.83. The quantitative estimate of drug-likeness (QED) is 0.842. The van der Waals surface area contributed by atoms with Crippen LogP contribution in [0.2, 0.25) is 0 Å². The van der Waals surface area contributed by atoms with Gasteiger partial charge in [-0.1, -0.05) is 33.6 Å². The molecule has 2 saturated carbocycles. The summed E-state index contributed by atoms with van der Waals surface area (Å²) >= 11 is 0. The normalized spacial score (nSPS) is 30.8. The Hall–Kier alpha value is -0.570. The SMILES string of the molecule is CC(C)CN(C(=O)C1(CN)CCC(C)CC1)C1CCCC1. The lowest BCUT2D eigenvalue weighted by Gasteiger charge is -2.43. The van der Waals surface area contributed by atoms with Crippen LogP contribution >= 0.6 is 0 Å². The van der Waals surface area contributed by atoms with E-state index < -0.39 is 0 Å². The van der Waals surface area contributed by atoms with E-state index in [4.69, 9.17) is 5.73 Å². The van der Waals surface area contributed by atoms with Crippen molar-refractivity contribution < 1.29 is 4.79 Å². The number of nitrogens with zero attached hydrogens (tertiary/aromatic N) is 1. The second-order valence-electron chi connectivity index (χ2n) is 7.96. The van der Waals surface area contributed by atoms with Crippen molar-refractivity contribution in [3.8, 4) is 0 Å². The van der Waals surface area contributed by atoms with E-state index in [1.54, 1.807) is 0 Å². The van der Waals surface area contributed by atoms with Crippen molar-refractivity contribution in [3.05, 3.63) is 0 Å².